The van der Waals surface area contributed by atoms with Crippen molar-refractivity contribution in [1.82, 2.24) is 0 Å². The standard InChI is InChI=1S/C21H24O4/c1-14(2)4-8-19-16(11-18(23)12-17(19)13-22)7-5-15-6-9-20(24)21(10-15)25-3/h4-7,9-12,22-24H,8,13H2,1-3H3. The predicted octanol–water partition coefficient (Wildman–Crippen LogP) is 4.28. The number of aromatic hydroxyl groups is 2. The fraction of sp³-hybridized carbons (Fsp3) is 0.238. The average Bonchev–Trinajstić information content (AvgIpc) is 2.59. The highest BCUT2D eigenvalue weighted by molar-refractivity contribution is 5.73. The first kappa shape index (κ1) is 18.6. The van der Waals surface area contributed by atoms with Crippen molar-refractivity contribution in [1.29, 1.82) is 0 Å². The molecule has 0 spiro atoms. The molecule has 3 N–H and O–H groups in total. The molecule has 4 nitrogen and oxygen atoms in total. The number of allylic oxidation sites excluding steroid dienone is 2. The number of phenols is 2. The molecule has 0 saturated heterocycles. The maximum Gasteiger partial charge on any atom is 0.161 e. The number of phenolic OH excluding ortho intramolecular Hbond substituents is 2. The molecule has 4 heteroatoms. The number of hydrogen-bond acceptors (Lipinski definition) is 4. The minimum absolute atomic E-state index is 0.0869. The van der Waals surface area contributed by atoms with Crippen molar-refractivity contribution >= 4 is 12.2 Å². The third kappa shape index (κ3) is 4.88. The molecule has 25 heavy (non-hydrogen) atoms. The summed E-state index contributed by atoms with van der Waals surface area (Å²) < 4.78 is 5.12. The van der Waals surface area contributed by atoms with Crippen molar-refractivity contribution in [2.75, 3.05) is 7.11 Å². The molecule has 0 fully saturated rings. The van der Waals surface area contributed by atoms with Crippen molar-refractivity contribution in [3.8, 4) is 17.2 Å². The summed E-state index contributed by atoms with van der Waals surface area (Å²) >= 11 is 0. The van der Waals surface area contributed by atoms with E-state index in [0.29, 0.717) is 17.7 Å². The van der Waals surface area contributed by atoms with Crippen LogP contribution in [0.25, 0.3) is 12.2 Å². The second-order valence-corrected chi connectivity index (χ2v) is 6.08. The van der Waals surface area contributed by atoms with E-state index in [0.717, 1.165) is 16.7 Å². The maximum absolute atomic E-state index is 9.93. The third-order valence-corrected chi connectivity index (χ3v) is 3.91. The first-order valence-corrected chi connectivity index (χ1v) is 8.08. The minimum Gasteiger partial charge on any atom is -0.508 e. The van der Waals surface area contributed by atoms with Crippen LogP contribution in [-0.4, -0.2) is 22.4 Å². The summed E-state index contributed by atoms with van der Waals surface area (Å²) in [5.74, 6) is 0.607. The largest absolute Gasteiger partial charge is 0.508 e. The van der Waals surface area contributed by atoms with Crippen LogP contribution in [0, 0.1) is 0 Å². The summed E-state index contributed by atoms with van der Waals surface area (Å²) in [6.07, 6.45) is 6.53. The Labute approximate surface area is 148 Å². The molecule has 0 radical (unpaired) electrons. The number of rotatable bonds is 6. The van der Waals surface area contributed by atoms with Crippen LogP contribution in [0.4, 0.5) is 0 Å². The van der Waals surface area contributed by atoms with Gasteiger partial charge in [-0.25, -0.2) is 0 Å². The maximum atomic E-state index is 9.93. The van der Waals surface area contributed by atoms with Crippen molar-refractivity contribution in [2.45, 2.75) is 26.9 Å². The van der Waals surface area contributed by atoms with Gasteiger partial charge in [-0.1, -0.05) is 29.9 Å². The van der Waals surface area contributed by atoms with Crippen LogP contribution in [0.3, 0.4) is 0 Å². The Balaban J connectivity index is 2.43. The van der Waals surface area contributed by atoms with E-state index in [1.165, 1.54) is 12.7 Å². The van der Waals surface area contributed by atoms with Gasteiger partial charge in [0.2, 0.25) is 0 Å². The fourth-order valence-corrected chi connectivity index (χ4v) is 2.57. The molecule has 0 saturated carbocycles. The summed E-state index contributed by atoms with van der Waals surface area (Å²) in [7, 11) is 1.50. The summed E-state index contributed by atoms with van der Waals surface area (Å²) in [5, 5.41) is 29.2. The van der Waals surface area contributed by atoms with E-state index in [4.69, 9.17) is 4.74 Å². The first-order chi connectivity index (χ1) is 11.9. The quantitative estimate of drug-likeness (QED) is 0.542. The highest BCUT2D eigenvalue weighted by Gasteiger charge is 2.08. The number of ether oxygens (including phenoxy) is 1. The van der Waals surface area contributed by atoms with Crippen LogP contribution in [0.15, 0.2) is 42.0 Å². The molecule has 0 aliphatic carbocycles. The van der Waals surface area contributed by atoms with E-state index in [9.17, 15) is 15.3 Å². The molecule has 0 unspecified atom stereocenters. The molecule has 0 atom stereocenters. The van der Waals surface area contributed by atoms with Gasteiger partial charge >= 0.3 is 0 Å². The number of hydrogen-bond donors (Lipinski definition) is 3. The molecule has 2 rings (SSSR count). The zero-order valence-electron chi connectivity index (χ0n) is 14.8. The van der Waals surface area contributed by atoms with Crippen LogP contribution in [-0.2, 0) is 13.0 Å². The molecule has 2 aromatic carbocycles. The van der Waals surface area contributed by atoms with Gasteiger partial charge in [0.25, 0.3) is 0 Å². The monoisotopic (exact) mass is 340 g/mol. The molecule has 0 aliphatic heterocycles. The molecule has 0 aromatic heterocycles. The SMILES string of the molecule is COc1cc(C=Cc2cc(O)cc(CO)c2CC=C(C)C)ccc1O. The smallest absolute Gasteiger partial charge is 0.161 e. The normalized spacial score (nSPS) is 10.9. The summed E-state index contributed by atoms with van der Waals surface area (Å²) in [6, 6.07) is 8.36. The third-order valence-electron chi connectivity index (χ3n) is 3.91. The van der Waals surface area contributed by atoms with Gasteiger partial charge in [-0.2, -0.15) is 0 Å². The van der Waals surface area contributed by atoms with Gasteiger partial charge in [-0.3, -0.25) is 0 Å². The van der Waals surface area contributed by atoms with E-state index >= 15 is 0 Å². The van der Waals surface area contributed by atoms with Crippen LogP contribution >= 0.6 is 0 Å². The van der Waals surface area contributed by atoms with Gasteiger partial charge in [0.15, 0.2) is 11.5 Å². The second kappa shape index (κ2) is 8.40. The topological polar surface area (TPSA) is 69.9 Å². The molecular weight excluding hydrogens is 316 g/mol. The van der Waals surface area contributed by atoms with Crippen LogP contribution in [0.2, 0.25) is 0 Å². The van der Waals surface area contributed by atoms with Gasteiger partial charge in [0.05, 0.1) is 13.7 Å². The van der Waals surface area contributed by atoms with Crippen molar-refractivity contribution in [3.05, 3.63) is 64.2 Å². The lowest BCUT2D eigenvalue weighted by Gasteiger charge is -2.11. The zero-order valence-corrected chi connectivity index (χ0v) is 14.8. The highest BCUT2D eigenvalue weighted by Crippen LogP contribution is 2.29. The minimum atomic E-state index is -0.131. The van der Waals surface area contributed by atoms with Crippen molar-refractivity contribution in [2.24, 2.45) is 0 Å². The molecule has 2 aromatic rings. The molecule has 0 heterocycles. The van der Waals surface area contributed by atoms with E-state index in [1.54, 1.807) is 30.3 Å². The Morgan fingerprint density at radius 2 is 1.84 bits per heavy atom. The number of benzene rings is 2. The van der Waals surface area contributed by atoms with Gasteiger partial charge in [-0.05, 0) is 66.8 Å². The highest BCUT2D eigenvalue weighted by atomic mass is 16.5. The number of aliphatic hydroxyl groups excluding tert-OH is 1. The Morgan fingerprint density at radius 3 is 2.48 bits per heavy atom. The summed E-state index contributed by atoms with van der Waals surface area (Å²) in [5.41, 5.74) is 4.57. The summed E-state index contributed by atoms with van der Waals surface area (Å²) in [4.78, 5) is 0. The van der Waals surface area contributed by atoms with E-state index in [2.05, 4.69) is 6.08 Å². The molecule has 132 valence electrons. The van der Waals surface area contributed by atoms with Crippen LogP contribution in [0.1, 0.15) is 36.1 Å². The van der Waals surface area contributed by atoms with Crippen LogP contribution in [0.5, 0.6) is 17.2 Å². The van der Waals surface area contributed by atoms with Gasteiger partial charge in [0.1, 0.15) is 5.75 Å². The second-order valence-electron chi connectivity index (χ2n) is 6.08. The lowest BCUT2D eigenvalue weighted by atomic mass is 9.96. The molecule has 0 amide bonds. The van der Waals surface area contributed by atoms with Crippen LogP contribution < -0.4 is 4.74 Å². The Hall–Kier alpha value is -2.72. The Morgan fingerprint density at radius 1 is 1.08 bits per heavy atom. The number of aliphatic hydroxyl groups is 1. The van der Waals surface area contributed by atoms with E-state index < -0.39 is 0 Å². The molecule has 0 aliphatic rings. The fourth-order valence-electron chi connectivity index (χ4n) is 2.57. The average molecular weight is 340 g/mol. The molecular formula is C21H24O4. The van der Waals surface area contributed by atoms with Crippen molar-refractivity contribution in [3.63, 3.8) is 0 Å². The number of methoxy groups -OCH3 is 1. The van der Waals surface area contributed by atoms with Gasteiger partial charge < -0.3 is 20.1 Å². The zero-order chi connectivity index (χ0) is 18.4. The Kier molecular flexibility index (Phi) is 6.25. The van der Waals surface area contributed by atoms with Gasteiger partial charge in [-0.15, -0.1) is 0 Å². The first-order valence-electron chi connectivity index (χ1n) is 8.08. The predicted molar refractivity (Wildman–Crippen MR) is 101 cm³/mol. The van der Waals surface area contributed by atoms with E-state index in [-0.39, 0.29) is 18.1 Å². The lowest BCUT2D eigenvalue weighted by Crippen LogP contribution is -1.97. The summed E-state index contributed by atoms with van der Waals surface area (Å²) in [6.45, 7) is 3.92. The van der Waals surface area contributed by atoms with Gasteiger partial charge in [0, 0.05) is 0 Å². The lowest BCUT2D eigenvalue weighted by molar-refractivity contribution is 0.280. The van der Waals surface area contributed by atoms with E-state index in [1.807, 2.05) is 26.0 Å². The molecule has 0 bridgehead atoms. The Bertz CT molecular complexity index is 800. The van der Waals surface area contributed by atoms with Crippen molar-refractivity contribution < 1.29 is 20.1 Å².